The van der Waals surface area contributed by atoms with E-state index in [-0.39, 0.29) is 5.91 Å². The molecule has 2 N–H and O–H groups in total. The lowest BCUT2D eigenvalue weighted by Crippen LogP contribution is -2.44. The smallest absolute Gasteiger partial charge is 0.220 e. The zero-order valence-electron chi connectivity index (χ0n) is 9.10. The number of nitrogens with one attached hydrogen (secondary N) is 2. The van der Waals surface area contributed by atoms with Crippen molar-refractivity contribution < 1.29 is 4.79 Å². The number of hydrogen-bond acceptors (Lipinski definition) is 2. The zero-order valence-corrected chi connectivity index (χ0v) is 9.10. The van der Waals surface area contributed by atoms with Gasteiger partial charge in [-0.25, -0.2) is 0 Å². The van der Waals surface area contributed by atoms with Crippen molar-refractivity contribution in [1.29, 1.82) is 0 Å². The average molecular weight is 196 g/mol. The van der Waals surface area contributed by atoms with Crippen molar-refractivity contribution in [3.8, 4) is 0 Å². The standard InChI is InChI=1S/C11H20N2O/c1-11(2)4-9(11)7-13-10(14)3-8-5-12-6-8/h8-9,12H,3-7H2,1-2H3,(H,13,14). The van der Waals surface area contributed by atoms with Crippen LogP contribution in [0.25, 0.3) is 0 Å². The van der Waals surface area contributed by atoms with Crippen LogP contribution in [0, 0.1) is 17.3 Å². The SMILES string of the molecule is CC1(C)CC1CNC(=O)CC1CNC1. The zero-order chi connectivity index (χ0) is 10.2. The van der Waals surface area contributed by atoms with Crippen LogP contribution in [0.4, 0.5) is 0 Å². The molecule has 0 aromatic rings. The molecule has 1 aliphatic heterocycles. The fourth-order valence-electron chi connectivity index (χ4n) is 1.99. The van der Waals surface area contributed by atoms with Gasteiger partial charge in [-0.3, -0.25) is 4.79 Å². The predicted molar refractivity (Wildman–Crippen MR) is 55.9 cm³/mol. The second-order valence-corrected chi connectivity index (χ2v) is 5.42. The Morgan fingerprint density at radius 3 is 2.57 bits per heavy atom. The van der Waals surface area contributed by atoms with E-state index in [2.05, 4.69) is 24.5 Å². The summed E-state index contributed by atoms with van der Waals surface area (Å²) in [5, 5.41) is 6.21. The molecular weight excluding hydrogens is 176 g/mol. The average Bonchev–Trinajstić information content (AvgIpc) is 2.63. The van der Waals surface area contributed by atoms with Gasteiger partial charge in [-0.05, 0) is 36.8 Å². The minimum atomic E-state index is 0.235. The fraction of sp³-hybridized carbons (Fsp3) is 0.909. The second-order valence-electron chi connectivity index (χ2n) is 5.42. The summed E-state index contributed by atoms with van der Waals surface area (Å²) in [4.78, 5) is 11.5. The highest BCUT2D eigenvalue weighted by Gasteiger charge is 2.45. The maximum atomic E-state index is 11.5. The Morgan fingerprint density at radius 2 is 2.14 bits per heavy atom. The molecule has 14 heavy (non-hydrogen) atoms. The van der Waals surface area contributed by atoms with Gasteiger partial charge < -0.3 is 10.6 Å². The third-order valence-electron chi connectivity index (χ3n) is 3.60. The number of amides is 1. The van der Waals surface area contributed by atoms with Crippen molar-refractivity contribution in [1.82, 2.24) is 10.6 Å². The first kappa shape index (κ1) is 9.97. The molecule has 0 radical (unpaired) electrons. The Labute approximate surface area is 85.6 Å². The highest BCUT2D eigenvalue weighted by molar-refractivity contribution is 5.76. The molecule has 3 heteroatoms. The summed E-state index contributed by atoms with van der Waals surface area (Å²) in [7, 11) is 0. The van der Waals surface area contributed by atoms with Crippen LogP contribution < -0.4 is 10.6 Å². The molecule has 80 valence electrons. The van der Waals surface area contributed by atoms with E-state index in [0.29, 0.717) is 23.7 Å². The summed E-state index contributed by atoms with van der Waals surface area (Å²) >= 11 is 0. The monoisotopic (exact) mass is 196 g/mol. The molecule has 1 heterocycles. The van der Waals surface area contributed by atoms with E-state index < -0.39 is 0 Å². The van der Waals surface area contributed by atoms with Crippen LogP contribution in [-0.2, 0) is 4.79 Å². The van der Waals surface area contributed by atoms with Crippen molar-refractivity contribution in [2.75, 3.05) is 19.6 Å². The van der Waals surface area contributed by atoms with Gasteiger partial charge in [-0.2, -0.15) is 0 Å². The molecule has 0 spiro atoms. The quantitative estimate of drug-likeness (QED) is 0.697. The van der Waals surface area contributed by atoms with E-state index in [1.54, 1.807) is 0 Å². The maximum Gasteiger partial charge on any atom is 0.220 e. The molecule has 3 nitrogen and oxygen atoms in total. The van der Waals surface area contributed by atoms with Crippen LogP contribution in [-0.4, -0.2) is 25.5 Å². The third-order valence-corrected chi connectivity index (χ3v) is 3.60. The molecule has 1 aliphatic carbocycles. The van der Waals surface area contributed by atoms with E-state index in [1.807, 2.05) is 0 Å². The number of carbonyl (C=O) groups is 1. The highest BCUT2D eigenvalue weighted by atomic mass is 16.1. The second kappa shape index (κ2) is 3.54. The van der Waals surface area contributed by atoms with Crippen LogP contribution in [0.1, 0.15) is 26.7 Å². The van der Waals surface area contributed by atoms with Gasteiger partial charge in [0.05, 0.1) is 0 Å². The van der Waals surface area contributed by atoms with E-state index in [9.17, 15) is 4.79 Å². The Kier molecular flexibility index (Phi) is 2.52. The number of hydrogen-bond donors (Lipinski definition) is 2. The van der Waals surface area contributed by atoms with Crippen molar-refractivity contribution in [3.05, 3.63) is 0 Å². The first-order valence-corrected chi connectivity index (χ1v) is 5.55. The molecule has 1 unspecified atom stereocenters. The molecular formula is C11H20N2O. The molecule has 2 aliphatic rings. The molecule has 0 bridgehead atoms. The Hall–Kier alpha value is -0.570. The number of carbonyl (C=O) groups excluding carboxylic acids is 1. The van der Waals surface area contributed by atoms with Crippen LogP contribution in [0.15, 0.2) is 0 Å². The molecule has 2 fully saturated rings. The molecule has 1 atom stereocenters. The van der Waals surface area contributed by atoms with E-state index in [4.69, 9.17) is 0 Å². The van der Waals surface area contributed by atoms with Gasteiger partial charge in [0.1, 0.15) is 0 Å². The summed E-state index contributed by atoms with van der Waals surface area (Å²) in [5.41, 5.74) is 0.477. The first-order chi connectivity index (χ1) is 6.58. The summed E-state index contributed by atoms with van der Waals surface area (Å²) < 4.78 is 0. The Bertz CT molecular complexity index is 233. The lowest BCUT2D eigenvalue weighted by Gasteiger charge is -2.26. The lowest BCUT2D eigenvalue weighted by molar-refractivity contribution is -0.122. The molecule has 1 saturated carbocycles. The molecule has 2 rings (SSSR count). The maximum absolute atomic E-state index is 11.5. The van der Waals surface area contributed by atoms with Crippen molar-refractivity contribution in [2.45, 2.75) is 26.7 Å². The molecule has 1 saturated heterocycles. The third kappa shape index (κ3) is 2.27. The van der Waals surface area contributed by atoms with Crippen molar-refractivity contribution in [3.63, 3.8) is 0 Å². The summed E-state index contributed by atoms with van der Waals surface area (Å²) in [5.74, 6) is 1.53. The van der Waals surface area contributed by atoms with Crippen LogP contribution in [0.5, 0.6) is 0 Å². The number of rotatable bonds is 4. The Balaban J connectivity index is 1.59. The van der Waals surface area contributed by atoms with E-state index >= 15 is 0 Å². The van der Waals surface area contributed by atoms with Gasteiger partial charge >= 0.3 is 0 Å². The van der Waals surface area contributed by atoms with Gasteiger partial charge in [-0.1, -0.05) is 13.8 Å². The summed E-state index contributed by atoms with van der Waals surface area (Å²) in [6.45, 7) is 7.44. The van der Waals surface area contributed by atoms with Crippen molar-refractivity contribution >= 4 is 5.91 Å². The van der Waals surface area contributed by atoms with Crippen LogP contribution in [0.3, 0.4) is 0 Å². The normalized spacial score (nSPS) is 29.4. The molecule has 0 aromatic heterocycles. The topological polar surface area (TPSA) is 41.1 Å². The first-order valence-electron chi connectivity index (χ1n) is 5.55. The van der Waals surface area contributed by atoms with Gasteiger partial charge in [0.25, 0.3) is 0 Å². The molecule has 1 amide bonds. The van der Waals surface area contributed by atoms with Crippen LogP contribution >= 0.6 is 0 Å². The molecule has 0 aromatic carbocycles. The Morgan fingerprint density at radius 1 is 1.50 bits per heavy atom. The minimum Gasteiger partial charge on any atom is -0.356 e. The largest absolute Gasteiger partial charge is 0.356 e. The predicted octanol–water partition coefficient (Wildman–Crippen LogP) is 0.758. The van der Waals surface area contributed by atoms with Gasteiger partial charge in [0.15, 0.2) is 0 Å². The summed E-state index contributed by atoms with van der Waals surface area (Å²) in [6, 6.07) is 0. The van der Waals surface area contributed by atoms with Gasteiger partial charge in [0.2, 0.25) is 5.91 Å². The summed E-state index contributed by atoms with van der Waals surface area (Å²) in [6.07, 6.45) is 1.97. The van der Waals surface area contributed by atoms with E-state index in [0.717, 1.165) is 19.6 Å². The van der Waals surface area contributed by atoms with Crippen molar-refractivity contribution in [2.24, 2.45) is 17.3 Å². The van der Waals surface area contributed by atoms with Gasteiger partial charge in [-0.15, -0.1) is 0 Å². The van der Waals surface area contributed by atoms with E-state index in [1.165, 1.54) is 6.42 Å². The lowest BCUT2D eigenvalue weighted by atomic mass is 9.99. The minimum absolute atomic E-state index is 0.235. The fourth-order valence-corrected chi connectivity index (χ4v) is 1.99. The van der Waals surface area contributed by atoms with Crippen LogP contribution in [0.2, 0.25) is 0 Å². The highest BCUT2D eigenvalue weighted by Crippen LogP contribution is 2.50. The van der Waals surface area contributed by atoms with Gasteiger partial charge in [0, 0.05) is 13.0 Å².